The summed E-state index contributed by atoms with van der Waals surface area (Å²) in [7, 11) is 0. The van der Waals surface area contributed by atoms with E-state index < -0.39 is 12.0 Å². The number of rotatable bonds is 4. The third kappa shape index (κ3) is 3.07. The fourth-order valence-electron chi connectivity index (χ4n) is 1.83. The van der Waals surface area contributed by atoms with Gasteiger partial charge >= 0.3 is 5.97 Å². The van der Waals surface area contributed by atoms with E-state index in [1.165, 1.54) is 22.3 Å². The lowest BCUT2D eigenvalue weighted by molar-refractivity contribution is -0.139. The summed E-state index contributed by atoms with van der Waals surface area (Å²) in [6, 6.07) is 3.73. The number of carbonyl (C=O) groups is 1. The standard InChI is InChI=1S/C13H19NO2/c1-8-5-9(2)12(10(3)6-8)7-14-11(4)13(15)16/h5-6,11,14H,7H2,1-4H3,(H,15,16)/t11-/m1/s1. The van der Waals surface area contributed by atoms with Crippen molar-refractivity contribution in [1.29, 1.82) is 0 Å². The molecule has 0 unspecified atom stereocenters. The molecule has 0 bridgehead atoms. The molecule has 1 aromatic carbocycles. The molecule has 88 valence electrons. The Labute approximate surface area is 96.5 Å². The Hall–Kier alpha value is -1.35. The minimum atomic E-state index is -0.817. The summed E-state index contributed by atoms with van der Waals surface area (Å²) in [4.78, 5) is 10.7. The third-order valence-corrected chi connectivity index (χ3v) is 2.80. The van der Waals surface area contributed by atoms with E-state index in [-0.39, 0.29) is 0 Å². The van der Waals surface area contributed by atoms with Gasteiger partial charge in [-0.05, 0) is 44.4 Å². The number of hydrogen-bond acceptors (Lipinski definition) is 2. The van der Waals surface area contributed by atoms with Gasteiger partial charge in [-0.1, -0.05) is 17.7 Å². The second kappa shape index (κ2) is 5.12. The zero-order valence-corrected chi connectivity index (χ0v) is 10.3. The molecule has 0 saturated carbocycles. The van der Waals surface area contributed by atoms with E-state index >= 15 is 0 Å². The number of carboxylic acids is 1. The maximum absolute atomic E-state index is 10.7. The first kappa shape index (κ1) is 12.7. The van der Waals surface area contributed by atoms with Crippen molar-refractivity contribution in [2.45, 2.75) is 40.3 Å². The highest BCUT2D eigenvalue weighted by Gasteiger charge is 2.11. The van der Waals surface area contributed by atoms with Gasteiger partial charge in [0.05, 0.1) is 0 Å². The van der Waals surface area contributed by atoms with Crippen molar-refractivity contribution in [3.05, 3.63) is 34.4 Å². The lowest BCUT2D eigenvalue weighted by Gasteiger charge is -2.14. The van der Waals surface area contributed by atoms with Crippen LogP contribution < -0.4 is 5.32 Å². The van der Waals surface area contributed by atoms with Crippen LogP contribution in [0, 0.1) is 20.8 Å². The topological polar surface area (TPSA) is 49.3 Å². The Kier molecular flexibility index (Phi) is 4.07. The van der Waals surface area contributed by atoms with E-state index in [1.54, 1.807) is 6.92 Å². The monoisotopic (exact) mass is 221 g/mol. The molecule has 0 amide bonds. The molecule has 1 atom stereocenters. The molecule has 16 heavy (non-hydrogen) atoms. The van der Waals surface area contributed by atoms with Gasteiger partial charge in [-0.2, -0.15) is 0 Å². The minimum absolute atomic E-state index is 0.514. The number of nitrogens with one attached hydrogen (secondary N) is 1. The van der Waals surface area contributed by atoms with E-state index in [4.69, 9.17) is 5.11 Å². The van der Waals surface area contributed by atoms with Gasteiger partial charge in [0.1, 0.15) is 6.04 Å². The van der Waals surface area contributed by atoms with Crippen LogP contribution in [-0.4, -0.2) is 17.1 Å². The first-order chi connectivity index (χ1) is 7.41. The van der Waals surface area contributed by atoms with Crippen molar-refractivity contribution >= 4 is 5.97 Å². The summed E-state index contributed by atoms with van der Waals surface area (Å²) in [6.07, 6.45) is 0. The molecular formula is C13H19NO2. The van der Waals surface area contributed by atoms with Crippen molar-refractivity contribution in [2.24, 2.45) is 0 Å². The Balaban J connectivity index is 2.78. The van der Waals surface area contributed by atoms with Crippen molar-refractivity contribution in [2.75, 3.05) is 0 Å². The normalized spacial score (nSPS) is 12.5. The zero-order chi connectivity index (χ0) is 12.3. The van der Waals surface area contributed by atoms with Gasteiger partial charge in [-0.15, -0.1) is 0 Å². The number of aliphatic carboxylic acids is 1. The molecule has 0 aliphatic heterocycles. The van der Waals surface area contributed by atoms with E-state index in [1.807, 2.05) is 0 Å². The van der Waals surface area contributed by atoms with Gasteiger partial charge in [0.25, 0.3) is 0 Å². The maximum atomic E-state index is 10.7. The van der Waals surface area contributed by atoms with Crippen LogP contribution in [0.4, 0.5) is 0 Å². The summed E-state index contributed by atoms with van der Waals surface area (Å²) in [5, 5.41) is 11.8. The molecule has 0 saturated heterocycles. The largest absolute Gasteiger partial charge is 0.480 e. The number of benzene rings is 1. The van der Waals surface area contributed by atoms with Crippen molar-refractivity contribution in [1.82, 2.24) is 5.32 Å². The van der Waals surface area contributed by atoms with Crippen LogP contribution in [0.25, 0.3) is 0 Å². The molecule has 1 rings (SSSR count). The molecule has 3 nitrogen and oxygen atoms in total. The second-order valence-electron chi connectivity index (χ2n) is 4.32. The first-order valence-electron chi connectivity index (χ1n) is 5.44. The van der Waals surface area contributed by atoms with Gasteiger partial charge < -0.3 is 10.4 Å². The molecule has 1 aromatic rings. The summed E-state index contributed by atoms with van der Waals surface area (Å²) >= 11 is 0. The van der Waals surface area contributed by atoms with Gasteiger partial charge in [-0.25, -0.2) is 0 Å². The molecule has 2 N–H and O–H groups in total. The Morgan fingerprint density at radius 2 is 1.81 bits per heavy atom. The van der Waals surface area contributed by atoms with Crippen molar-refractivity contribution in [3.8, 4) is 0 Å². The Morgan fingerprint density at radius 1 is 1.31 bits per heavy atom. The lowest BCUT2D eigenvalue weighted by Crippen LogP contribution is -2.33. The van der Waals surface area contributed by atoms with Gasteiger partial charge in [0.15, 0.2) is 0 Å². The number of hydrogen-bond donors (Lipinski definition) is 2. The minimum Gasteiger partial charge on any atom is -0.480 e. The molecule has 0 fully saturated rings. The van der Waals surface area contributed by atoms with Crippen LogP contribution in [0.15, 0.2) is 12.1 Å². The second-order valence-corrected chi connectivity index (χ2v) is 4.32. The zero-order valence-electron chi connectivity index (χ0n) is 10.3. The highest BCUT2D eigenvalue weighted by atomic mass is 16.4. The SMILES string of the molecule is Cc1cc(C)c(CN[C@H](C)C(=O)O)c(C)c1. The number of carboxylic acid groups (broad SMARTS) is 1. The van der Waals surface area contributed by atoms with Crippen LogP contribution in [-0.2, 0) is 11.3 Å². The van der Waals surface area contributed by atoms with Crippen LogP contribution in [0.5, 0.6) is 0 Å². The molecule has 0 heterocycles. The fourth-order valence-corrected chi connectivity index (χ4v) is 1.83. The maximum Gasteiger partial charge on any atom is 0.320 e. The lowest BCUT2D eigenvalue weighted by atomic mass is 10.00. The molecule has 3 heteroatoms. The Morgan fingerprint density at radius 3 is 2.25 bits per heavy atom. The van der Waals surface area contributed by atoms with E-state index in [2.05, 4.69) is 38.2 Å². The van der Waals surface area contributed by atoms with Gasteiger partial charge in [-0.3, -0.25) is 4.79 Å². The highest BCUT2D eigenvalue weighted by Crippen LogP contribution is 2.16. The van der Waals surface area contributed by atoms with Crippen LogP contribution >= 0.6 is 0 Å². The van der Waals surface area contributed by atoms with Crippen molar-refractivity contribution < 1.29 is 9.90 Å². The molecule has 0 aliphatic carbocycles. The smallest absolute Gasteiger partial charge is 0.320 e. The predicted molar refractivity (Wildman–Crippen MR) is 64.6 cm³/mol. The predicted octanol–water partition coefficient (Wildman–Crippen LogP) is 2.17. The summed E-state index contributed by atoms with van der Waals surface area (Å²) in [5.41, 5.74) is 4.86. The number of aryl methyl sites for hydroxylation is 3. The quantitative estimate of drug-likeness (QED) is 0.819. The fraction of sp³-hybridized carbons (Fsp3) is 0.462. The van der Waals surface area contributed by atoms with Gasteiger partial charge in [0, 0.05) is 6.54 Å². The summed E-state index contributed by atoms with van der Waals surface area (Å²) < 4.78 is 0. The molecule has 0 radical (unpaired) electrons. The molecule has 0 aromatic heterocycles. The van der Waals surface area contributed by atoms with E-state index in [9.17, 15) is 4.79 Å². The van der Waals surface area contributed by atoms with Crippen LogP contribution in [0.1, 0.15) is 29.2 Å². The van der Waals surface area contributed by atoms with Crippen LogP contribution in [0.3, 0.4) is 0 Å². The molecule has 0 spiro atoms. The van der Waals surface area contributed by atoms with Gasteiger partial charge in [0.2, 0.25) is 0 Å². The average molecular weight is 221 g/mol. The Bertz CT molecular complexity index is 376. The summed E-state index contributed by atoms with van der Waals surface area (Å²) in [6.45, 7) is 8.44. The first-order valence-corrected chi connectivity index (χ1v) is 5.44. The molecule has 0 aliphatic rings. The highest BCUT2D eigenvalue weighted by molar-refractivity contribution is 5.72. The average Bonchev–Trinajstić information content (AvgIpc) is 2.15. The third-order valence-electron chi connectivity index (χ3n) is 2.80. The van der Waals surface area contributed by atoms with Crippen molar-refractivity contribution in [3.63, 3.8) is 0 Å². The molecular weight excluding hydrogens is 202 g/mol. The summed E-state index contributed by atoms with van der Waals surface area (Å²) in [5.74, 6) is -0.817. The van der Waals surface area contributed by atoms with E-state index in [0.29, 0.717) is 6.54 Å². The van der Waals surface area contributed by atoms with Crippen LogP contribution in [0.2, 0.25) is 0 Å². The van der Waals surface area contributed by atoms with E-state index in [0.717, 1.165) is 0 Å².